The molecule has 19 heavy (non-hydrogen) atoms. The lowest BCUT2D eigenvalue weighted by Gasteiger charge is -2.18. The van der Waals surface area contributed by atoms with Crippen LogP contribution in [0.3, 0.4) is 0 Å². The molecule has 1 aliphatic carbocycles. The maximum Gasteiger partial charge on any atom is 0.168 e. The molecule has 0 unspecified atom stereocenters. The quantitative estimate of drug-likeness (QED) is 0.795. The molecule has 1 aromatic carbocycles. The summed E-state index contributed by atoms with van der Waals surface area (Å²) >= 11 is 5.69. The number of rotatable bonds is 1. The summed E-state index contributed by atoms with van der Waals surface area (Å²) < 4.78 is 14.0. The topological polar surface area (TPSA) is 33.1 Å². The molecule has 3 rings (SSSR count). The van der Waals surface area contributed by atoms with Crippen LogP contribution in [-0.2, 0) is 12.8 Å². The molecule has 2 nitrogen and oxygen atoms in total. The molecule has 0 aliphatic heterocycles. The second-order valence-electron chi connectivity index (χ2n) is 4.81. The van der Waals surface area contributed by atoms with E-state index in [1.54, 1.807) is 6.07 Å². The van der Waals surface area contributed by atoms with Gasteiger partial charge in [0.25, 0.3) is 0 Å². The first-order valence-corrected chi connectivity index (χ1v) is 6.70. The number of nitrogens with zero attached hydrogens (tertiary/aromatic N) is 1. The lowest BCUT2D eigenvalue weighted by Crippen LogP contribution is -2.03. The van der Waals surface area contributed by atoms with E-state index in [9.17, 15) is 9.50 Å². The number of hydrogen-bond donors (Lipinski definition) is 1. The lowest BCUT2D eigenvalue weighted by molar-refractivity contribution is 0.474. The molecule has 98 valence electrons. The van der Waals surface area contributed by atoms with Gasteiger partial charge >= 0.3 is 0 Å². The van der Waals surface area contributed by atoms with Gasteiger partial charge in [-0.15, -0.1) is 0 Å². The highest BCUT2D eigenvalue weighted by atomic mass is 35.5. The fourth-order valence-electron chi connectivity index (χ4n) is 2.61. The molecule has 0 saturated carbocycles. The summed E-state index contributed by atoms with van der Waals surface area (Å²) in [6.45, 7) is 0. The van der Waals surface area contributed by atoms with Crippen molar-refractivity contribution in [2.24, 2.45) is 0 Å². The minimum atomic E-state index is -0.588. The highest BCUT2D eigenvalue weighted by molar-refractivity contribution is 6.29. The average Bonchev–Trinajstić information content (AvgIpc) is 2.41. The normalized spacial score (nSPS) is 14.2. The van der Waals surface area contributed by atoms with Crippen LogP contribution in [0.4, 0.5) is 4.39 Å². The second kappa shape index (κ2) is 4.82. The zero-order valence-electron chi connectivity index (χ0n) is 10.3. The Hall–Kier alpha value is -1.61. The second-order valence-corrected chi connectivity index (χ2v) is 5.17. The Kier molecular flexibility index (Phi) is 3.15. The van der Waals surface area contributed by atoms with Gasteiger partial charge in [0, 0.05) is 17.3 Å². The number of fused-ring (bicyclic) bond motifs is 1. The van der Waals surface area contributed by atoms with E-state index in [2.05, 4.69) is 4.98 Å². The SMILES string of the molecule is Oc1cc2c(cc1-c1ccnc(Cl)c1F)CCCC2. The third kappa shape index (κ3) is 2.19. The van der Waals surface area contributed by atoms with Crippen LogP contribution in [0.1, 0.15) is 24.0 Å². The third-order valence-corrected chi connectivity index (χ3v) is 3.86. The van der Waals surface area contributed by atoms with Crippen LogP contribution in [0.25, 0.3) is 11.1 Å². The number of halogens is 2. The molecule has 1 N–H and O–H groups in total. The van der Waals surface area contributed by atoms with Gasteiger partial charge in [-0.2, -0.15) is 0 Å². The summed E-state index contributed by atoms with van der Waals surface area (Å²) in [4.78, 5) is 3.69. The molecule has 0 fully saturated rings. The van der Waals surface area contributed by atoms with Crippen LogP contribution in [0, 0.1) is 5.82 Å². The van der Waals surface area contributed by atoms with Crippen LogP contribution >= 0.6 is 11.6 Å². The van der Waals surface area contributed by atoms with Crippen LogP contribution in [0.5, 0.6) is 5.75 Å². The van der Waals surface area contributed by atoms with Crippen LogP contribution < -0.4 is 0 Å². The van der Waals surface area contributed by atoms with Crippen LogP contribution in [-0.4, -0.2) is 10.1 Å². The van der Waals surface area contributed by atoms with E-state index in [4.69, 9.17) is 11.6 Å². The molecule has 0 saturated heterocycles. The van der Waals surface area contributed by atoms with E-state index < -0.39 is 5.82 Å². The molecule has 1 heterocycles. The van der Waals surface area contributed by atoms with Crippen molar-refractivity contribution in [2.45, 2.75) is 25.7 Å². The van der Waals surface area contributed by atoms with Gasteiger partial charge in [0.05, 0.1) is 0 Å². The van der Waals surface area contributed by atoms with E-state index in [-0.39, 0.29) is 10.9 Å². The molecule has 0 atom stereocenters. The predicted molar refractivity (Wildman–Crippen MR) is 72.9 cm³/mol. The minimum absolute atomic E-state index is 0.0989. The van der Waals surface area contributed by atoms with Gasteiger partial charge < -0.3 is 5.11 Å². The Bertz CT molecular complexity index is 642. The summed E-state index contributed by atoms with van der Waals surface area (Å²) in [5, 5.41) is 9.93. The third-order valence-electron chi connectivity index (χ3n) is 3.60. The smallest absolute Gasteiger partial charge is 0.168 e. The number of phenols is 1. The fourth-order valence-corrected chi connectivity index (χ4v) is 2.77. The van der Waals surface area contributed by atoms with E-state index in [1.165, 1.54) is 17.8 Å². The van der Waals surface area contributed by atoms with Crippen molar-refractivity contribution in [1.82, 2.24) is 4.98 Å². The Labute approximate surface area is 115 Å². The molecule has 1 aliphatic rings. The maximum atomic E-state index is 14.0. The van der Waals surface area contributed by atoms with E-state index >= 15 is 0 Å². The molecule has 0 spiro atoms. The summed E-state index contributed by atoms with van der Waals surface area (Å²) in [6.07, 6.45) is 5.67. The van der Waals surface area contributed by atoms with Crippen molar-refractivity contribution in [3.63, 3.8) is 0 Å². The number of benzene rings is 1. The minimum Gasteiger partial charge on any atom is -0.507 e. The van der Waals surface area contributed by atoms with Gasteiger partial charge in [-0.1, -0.05) is 11.6 Å². The molecular formula is C15H13ClFNO. The zero-order chi connectivity index (χ0) is 13.4. The van der Waals surface area contributed by atoms with Crippen LogP contribution in [0.15, 0.2) is 24.4 Å². The monoisotopic (exact) mass is 277 g/mol. The first kappa shape index (κ1) is 12.4. The van der Waals surface area contributed by atoms with Crippen molar-refractivity contribution in [3.05, 3.63) is 46.5 Å². The van der Waals surface area contributed by atoms with E-state index in [0.29, 0.717) is 11.1 Å². The highest BCUT2D eigenvalue weighted by Crippen LogP contribution is 2.37. The number of aryl methyl sites for hydroxylation is 2. The zero-order valence-corrected chi connectivity index (χ0v) is 11.0. The summed E-state index contributed by atoms with van der Waals surface area (Å²) in [7, 11) is 0. The number of hydrogen-bond acceptors (Lipinski definition) is 2. The van der Waals surface area contributed by atoms with Crippen molar-refractivity contribution >= 4 is 11.6 Å². The standard InChI is InChI=1S/C15H13ClFNO/c16-15-14(17)11(5-6-18-15)12-7-9-3-1-2-4-10(9)8-13(12)19/h5-8,19H,1-4H2. The Balaban J connectivity index is 2.17. The summed E-state index contributed by atoms with van der Waals surface area (Å²) in [6, 6.07) is 5.15. The number of aromatic hydroxyl groups is 1. The number of aromatic nitrogens is 1. The first-order chi connectivity index (χ1) is 9.16. The Morgan fingerprint density at radius 2 is 1.79 bits per heavy atom. The molecule has 0 amide bonds. The summed E-state index contributed by atoms with van der Waals surface area (Å²) in [5.74, 6) is -0.489. The van der Waals surface area contributed by atoms with E-state index in [1.807, 2.05) is 6.07 Å². The number of pyridine rings is 1. The van der Waals surface area contributed by atoms with Crippen molar-refractivity contribution in [1.29, 1.82) is 0 Å². The van der Waals surface area contributed by atoms with Gasteiger partial charge in [-0.3, -0.25) is 0 Å². The Morgan fingerprint density at radius 3 is 2.53 bits per heavy atom. The predicted octanol–water partition coefficient (Wildman–Crippen LogP) is 4.13. The van der Waals surface area contributed by atoms with Gasteiger partial charge in [0.15, 0.2) is 11.0 Å². The largest absolute Gasteiger partial charge is 0.507 e. The van der Waals surface area contributed by atoms with Crippen molar-refractivity contribution in [3.8, 4) is 16.9 Å². The van der Waals surface area contributed by atoms with Crippen molar-refractivity contribution in [2.75, 3.05) is 0 Å². The van der Waals surface area contributed by atoms with Gasteiger partial charge in [-0.25, -0.2) is 9.37 Å². The highest BCUT2D eigenvalue weighted by Gasteiger charge is 2.17. The average molecular weight is 278 g/mol. The van der Waals surface area contributed by atoms with Gasteiger partial charge in [-0.05, 0) is 55.0 Å². The fraction of sp³-hybridized carbons (Fsp3) is 0.267. The maximum absolute atomic E-state index is 14.0. The lowest BCUT2D eigenvalue weighted by atomic mass is 9.88. The molecule has 2 aromatic rings. The first-order valence-electron chi connectivity index (χ1n) is 6.32. The molecule has 0 bridgehead atoms. The van der Waals surface area contributed by atoms with Crippen molar-refractivity contribution < 1.29 is 9.50 Å². The number of phenolic OH excluding ortho intramolecular Hbond substituents is 1. The molecular weight excluding hydrogens is 265 g/mol. The Morgan fingerprint density at radius 1 is 1.11 bits per heavy atom. The van der Waals surface area contributed by atoms with Gasteiger partial charge in [0.1, 0.15) is 5.75 Å². The summed E-state index contributed by atoms with van der Waals surface area (Å²) in [5.41, 5.74) is 3.13. The molecule has 1 aromatic heterocycles. The van der Waals surface area contributed by atoms with Crippen LogP contribution in [0.2, 0.25) is 5.15 Å². The van der Waals surface area contributed by atoms with Gasteiger partial charge in [0.2, 0.25) is 0 Å². The molecule has 0 radical (unpaired) electrons. The van der Waals surface area contributed by atoms with E-state index in [0.717, 1.165) is 31.2 Å². The molecule has 4 heteroatoms.